The Morgan fingerprint density at radius 1 is 0.868 bits per heavy atom. The van der Waals surface area contributed by atoms with Crippen molar-refractivity contribution in [3.63, 3.8) is 0 Å². The van der Waals surface area contributed by atoms with Crippen molar-refractivity contribution < 1.29 is 43.5 Å². The van der Waals surface area contributed by atoms with Gasteiger partial charge in [0.1, 0.15) is 17.2 Å². The lowest BCUT2D eigenvalue weighted by Crippen LogP contribution is -2.24. The van der Waals surface area contributed by atoms with E-state index in [2.05, 4.69) is 0 Å². The van der Waals surface area contributed by atoms with Gasteiger partial charge in [-0.2, -0.15) is 0 Å². The number of rotatable bonds is 10. The molecule has 3 atom stereocenters. The van der Waals surface area contributed by atoms with E-state index in [0.29, 0.717) is 35.2 Å². The SMILES string of the molecule is CCCOc1ccc2c(c1)[C@H](c1ccc(OC)cc1OCC(=O)O)[C@H](C(=O)O)[C@H]2c1ccc2c(c1)OCO2. The van der Waals surface area contributed by atoms with Gasteiger partial charge in [0.05, 0.1) is 19.6 Å². The molecule has 1 heterocycles. The molecule has 2 aliphatic rings. The van der Waals surface area contributed by atoms with Crippen molar-refractivity contribution in [2.45, 2.75) is 25.2 Å². The molecule has 0 fully saturated rings. The standard InChI is InChI=1S/C29H28O9/c1-3-10-35-18-6-7-19-21(12-18)27(20-8-5-17(34-2)13-23(20)36-14-25(30)31)28(29(32)33)26(19)16-4-9-22-24(11-16)38-15-37-22/h4-9,11-13,26-28H,3,10,14-15H2,1-2H3,(H,30,31)(H,32,33)/t26-,27-,28+/m0/s1. The summed E-state index contributed by atoms with van der Waals surface area (Å²) >= 11 is 0. The third-order valence-electron chi connectivity index (χ3n) is 6.87. The van der Waals surface area contributed by atoms with Gasteiger partial charge in [-0.3, -0.25) is 4.79 Å². The van der Waals surface area contributed by atoms with Gasteiger partial charge in [-0.1, -0.05) is 25.1 Å². The van der Waals surface area contributed by atoms with Crippen LogP contribution in [0.25, 0.3) is 0 Å². The van der Waals surface area contributed by atoms with Crippen molar-refractivity contribution in [3.8, 4) is 28.7 Å². The van der Waals surface area contributed by atoms with Crippen LogP contribution in [0, 0.1) is 5.92 Å². The summed E-state index contributed by atoms with van der Waals surface area (Å²) in [5, 5.41) is 19.9. The van der Waals surface area contributed by atoms with Crippen LogP contribution in [-0.2, 0) is 9.59 Å². The number of methoxy groups -OCH3 is 1. The largest absolute Gasteiger partial charge is 0.497 e. The molecule has 38 heavy (non-hydrogen) atoms. The van der Waals surface area contributed by atoms with Crippen molar-refractivity contribution in [1.82, 2.24) is 0 Å². The first-order chi connectivity index (χ1) is 18.4. The van der Waals surface area contributed by atoms with E-state index in [1.165, 1.54) is 7.11 Å². The molecule has 1 aliphatic heterocycles. The quantitative estimate of drug-likeness (QED) is 0.393. The summed E-state index contributed by atoms with van der Waals surface area (Å²) in [7, 11) is 1.49. The van der Waals surface area contributed by atoms with E-state index in [0.717, 1.165) is 23.1 Å². The molecule has 0 radical (unpaired) electrons. The van der Waals surface area contributed by atoms with Crippen LogP contribution in [0.2, 0.25) is 0 Å². The van der Waals surface area contributed by atoms with Gasteiger partial charge in [0.2, 0.25) is 6.79 Å². The molecule has 5 rings (SSSR count). The molecule has 1 aliphatic carbocycles. The minimum absolute atomic E-state index is 0.110. The lowest BCUT2D eigenvalue weighted by atomic mass is 9.79. The van der Waals surface area contributed by atoms with Crippen LogP contribution in [0.15, 0.2) is 54.6 Å². The normalized spacial score (nSPS) is 19.1. The number of hydrogen-bond donors (Lipinski definition) is 2. The Hall–Kier alpha value is -4.40. The van der Waals surface area contributed by atoms with Crippen LogP contribution in [0.3, 0.4) is 0 Å². The average molecular weight is 521 g/mol. The van der Waals surface area contributed by atoms with E-state index in [1.54, 1.807) is 24.3 Å². The molecular formula is C29H28O9. The molecule has 3 aromatic rings. The van der Waals surface area contributed by atoms with E-state index in [-0.39, 0.29) is 12.5 Å². The summed E-state index contributed by atoms with van der Waals surface area (Å²) in [5.74, 6) is -1.72. The molecular weight excluding hydrogens is 492 g/mol. The number of carboxylic acids is 2. The third-order valence-corrected chi connectivity index (χ3v) is 6.87. The fourth-order valence-electron chi connectivity index (χ4n) is 5.30. The molecule has 0 saturated heterocycles. The van der Waals surface area contributed by atoms with Crippen molar-refractivity contribution in [2.75, 3.05) is 27.1 Å². The monoisotopic (exact) mass is 520 g/mol. The number of carboxylic acid groups (broad SMARTS) is 2. The molecule has 2 N–H and O–H groups in total. The van der Waals surface area contributed by atoms with Gasteiger partial charge in [0.25, 0.3) is 0 Å². The zero-order valence-corrected chi connectivity index (χ0v) is 21.0. The van der Waals surface area contributed by atoms with Crippen molar-refractivity contribution >= 4 is 11.9 Å². The van der Waals surface area contributed by atoms with Crippen LogP contribution in [0.1, 0.15) is 47.4 Å². The summed E-state index contributed by atoms with van der Waals surface area (Å²) in [4.78, 5) is 24.3. The highest BCUT2D eigenvalue weighted by Crippen LogP contribution is 2.56. The van der Waals surface area contributed by atoms with E-state index in [1.807, 2.05) is 37.3 Å². The Morgan fingerprint density at radius 2 is 1.63 bits per heavy atom. The second kappa shape index (κ2) is 10.5. The van der Waals surface area contributed by atoms with Crippen LogP contribution < -0.4 is 23.7 Å². The van der Waals surface area contributed by atoms with E-state index in [4.69, 9.17) is 23.7 Å². The topological polar surface area (TPSA) is 121 Å². The van der Waals surface area contributed by atoms with Crippen molar-refractivity contribution in [3.05, 3.63) is 76.9 Å². The van der Waals surface area contributed by atoms with Gasteiger partial charge < -0.3 is 33.9 Å². The summed E-state index contributed by atoms with van der Waals surface area (Å²) in [6.07, 6.45) is 0.823. The van der Waals surface area contributed by atoms with E-state index in [9.17, 15) is 19.8 Å². The lowest BCUT2D eigenvalue weighted by Gasteiger charge is -2.24. The fraction of sp³-hybridized carbons (Fsp3) is 0.310. The Kier molecular flexibility index (Phi) is 7.00. The van der Waals surface area contributed by atoms with Gasteiger partial charge in [-0.15, -0.1) is 0 Å². The first-order valence-corrected chi connectivity index (χ1v) is 12.3. The van der Waals surface area contributed by atoms with Gasteiger partial charge in [0.15, 0.2) is 18.1 Å². The lowest BCUT2D eigenvalue weighted by molar-refractivity contribution is -0.142. The Labute approximate surface area is 219 Å². The Balaban J connectivity index is 1.69. The molecule has 0 unspecified atom stereocenters. The van der Waals surface area contributed by atoms with Crippen LogP contribution in [0.5, 0.6) is 28.7 Å². The van der Waals surface area contributed by atoms with Crippen molar-refractivity contribution in [1.29, 1.82) is 0 Å². The molecule has 0 aromatic heterocycles. The molecule has 0 bridgehead atoms. The first-order valence-electron chi connectivity index (χ1n) is 12.3. The zero-order valence-electron chi connectivity index (χ0n) is 21.0. The molecule has 0 saturated carbocycles. The van der Waals surface area contributed by atoms with E-state index < -0.39 is 36.3 Å². The summed E-state index contributed by atoms with van der Waals surface area (Å²) in [6.45, 7) is 2.06. The molecule has 198 valence electrons. The van der Waals surface area contributed by atoms with E-state index >= 15 is 0 Å². The first kappa shape index (κ1) is 25.3. The van der Waals surface area contributed by atoms with Crippen LogP contribution in [0.4, 0.5) is 0 Å². The van der Waals surface area contributed by atoms with Gasteiger partial charge >= 0.3 is 11.9 Å². The van der Waals surface area contributed by atoms with Crippen LogP contribution in [-0.4, -0.2) is 49.3 Å². The number of hydrogen-bond acceptors (Lipinski definition) is 7. The Bertz CT molecular complexity index is 1370. The molecule has 3 aromatic carbocycles. The third kappa shape index (κ3) is 4.67. The minimum atomic E-state index is -1.14. The van der Waals surface area contributed by atoms with Gasteiger partial charge in [-0.25, -0.2) is 4.79 Å². The minimum Gasteiger partial charge on any atom is -0.497 e. The number of aliphatic carboxylic acids is 2. The average Bonchev–Trinajstić information content (AvgIpc) is 3.52. The van der Waals surface area contributed by atoms with Crippen molar-refractivity contribution in [2.24, 2.45) is 5.92 Å². The summed E-state index contributed by atoms with van der Waals surface area (Å²) in [5.41, 5.74) is 2.94. The maximum atomic E-state index is 13.0. The number of ether oxygens (including phenoxy) is 5. The predicted molar refractivity (Wildman–Crippen MR) is 136 cm³/mol. The highest BCUT2D eigenvalue weighted by Gasteiger charge is 2.48. The molecule has 0 amide bonds. The Morgan fingerprint density at radius 3 is 2.37 bits per heavy atom. The molecule has 9 nitrogen and oxygen atoms in total. The number of benzene rings is 3. The summed E-state index contributed by atoms with van der Waals surface area (Å²) in [6, 6.07) is 16.2. The van der Waals surface area contributed by atoms with Gasteiger partial charge in [-0.05, 0) is 53.4 Å². The zero-order chi connectivity index (χ0) is 26.8. The second-order valence-electron chi connectivity index (χ2n) is 9.16. The molecule has 0 spiro atoms. The smallest absolute Gasteiger partial charge is 0.341 e. The molecule has 9 heteroatoms. The fourth-order valence-corrected chi connectivity index (χ4v) is 5.30. The second-order valence-corrected chi connectivity index (χ2v) is 9.16. The highest BCUT2D eigenvalue weighted by molar-refractivity contribution is 5.79. The summed E-state index contributed by atoms with van der Waals surface area (Å²) < 4.78 is 27.9. The van der Waals surface area contributed by atoms with Crippen LogP contribution >= 0.6 is 0 Å². The maximum absolute atomic E-state index is 13.0. The van der Waals surface area contributed by atoms with Gasteiger partial charge in [0, 0.05) is 23.5 Å². The predicted octanol–water partition coefficient (Wildman–Crippen LogP) is 4.65. The highest BCUT2D eigenvalue weighted by atomic mass is 16.7. The number of fused-ring (bicyclic) bond motifs is 2. The maximum Gasteiger partial charge on any atom is 0.341 e. The number of carbonyl (C=O) groups is 2.